The summed E-state index contributed by atoms with van der Waals surface area (Å²) >= 11 is 6.78. The predicted molar refractivity (Wildman–Crippen MR) is 163 cm³/mol. The van der Waals surface area contributed by atoms with Gasteiger partial charge in [-0.05, 0) is 43.0 Å². The second kappa shape index (κ2) is 11.6. The van der Waals surface area contributed by atoms with Gasteiger partial charge in [-0.1, -0.05) is 58.0 Å². The van der Waals surface area contributed by atoms with Crippen LogP contribution in [0, 0.1) is 5.82 Å². The topological polar surface area (TPSA) is 97.1 Å². The Morgan fingerprint density at radius 1 is 1.10 bits per heavy atom. The molecule has 1 aliphatic heterocycles. The summed E-state index contributed by atoms with van der Waals surface area (Å²) in [5.74, 6) is -0.331. The molecule has 218 valence electrons. The Kier molecular flexibility index (Phi) is 8.10. The number of piperazine rings is 1. The zero-order valence-corrected chi connectivity index (χ0v) is 25.1. The van der Waals surface area contributed by atoms with Crippen LogP contribution in [0.25, 0.3) is 28.0 Å². The van der Waals surface area contributed by atoms with Gasteiger partial charge in [0, 0.05) is 31.2 Å². The summed E-state index contributed by atoms with van der Waals surface area (Å²) < 4.78 is 16.4. The number of carbonyl (C=O) groups excluding carboxylic acids is 1. The maximum absolute atomic E-state index is 15.0. The van der Waals surface area contributed by atoms with E-state index in [0.717, 1.165) is 0 Å². The molecular weight excluding hydrogens is 557 g/mol. The van der Waals surface area contributed by atoms with Gasteiger partial charge in [0.25, 0.3) is 0 Å². The predicted octanol–water partition coefficient (Wildman–Crippen LogP) is 5.50. The van der Waals surface area contributed by atoms with Crippen molar-refractivity contribution in [3.05, 3.63) is 82.0 Å². The molecule has 5 rings (SSSR count). The summed E-state index contributed by atoms with van der Waals surface area (Å²) in [5, 5.41) is 0.732. The molecule has 0 spiro atoms. The average Bonchev–Trinajstić information content (AvgIpc) is 2.96. The normalized spacial score (nSPS) is 15.6. The Hall–Kier alpha value is -4.18. The summed E-state index contributed by atoms with van der Waals surface area (Å²) in [5.41, 5.74) is 1.97. The molecule has 9 nitrogen and oxygen atoms in total. The van der Waals surface area contributed by atoms with Gasteiger partial charge in [0.05, 0.1) is 33.2 Å². The van der Waals surface area contributed by atoms with Gasteiger partial charge in [-0.25, -0.2) is 28.7 Å². The monoisotopic (exact) mass is 589 g/mol. The van der Waals surface area contributed by atoms with Crippen molar-refractivity contribution < 1.29 is 9.18 Å². The summed E-state index contributed by atoms with van der Waals surface area (Å²) in [7, 11) is 0. The van der Waals surface area contributed by atoms with E-state index >= 15 is 0 Å². The van der Waals surface area contributed by atoms with Crippen LogP contribution < -0.4 is 10.6 Å². The first kappa shape index (κ1) is 29.3. The number of halogens is 2. The first-order valence-electron chi connectivity index (χ1n) is 13.9. The van der Waals surface area contributed by atoms with E-state index in [-0.39, 0.29) is 45.7 Å². The fraction of sp³-hybridized carbons (Fsp3) is 0.355. The van der Waals surface area contributed by atoms with Crippen LogP contribution in [0.15, 0.2) is 54.1 Å². The number of aromatic nitrogens is 5. The second-order valence-electron chi connectivity index (χ2n) is 11.1. The fourth-order valence-electron chi connectivity index (χ4n) is 5.47. The van der Waals surface area contributed by atoms with Crippen molar-refractivity contribution in [3.8, 4) is 16.9 Å². The molecule has 1 atom stereocenters. The first-order chi connectivity index (χ1) is 20.0. The number of fused-ring (bicyclic) bond motifs is 1. The lowest BCUT2D eigenvalue weighted by molar-refractivity contribution is -0.128. The molecule has 4 aromatic rings. The van der Waals surface area contributed by atoms with E-state index in [9.17, 15) is 14.0 Å². The Balaban J connectivity index is 1.83. The van der Waals surface area contributed by atoms with Crippen LogP contribution in [0.5, 0.6) is 0 Å². The van der Waals surface area contributed by atoms with Gasteiger partial charge >= 0.3 is 5.69 Å². The molecule has 0 N–H and O–H groups in total. The Labute approximate surface area is 248 Å². The van der Waals surface area contributed by atoms with E-state index < -0.39 is 11.5 Å². The molecule has 11 heteroatoms. The molecule has 0 radical (unpaired) electrons. The minimum absolute atomic E-state index is 0.0446. The van der Waals surface area contributed by atoms with Crippen LogP contribution >= 0.6 is 11.6 Å². The number of nitrogens with zero attached hydrogens (tertiary/aromatic N) is 7. The SMILES string of the molecule is C=CC(=O)N1CCN(c2nc(=O)n(-c3c(C(C)C)ncnc3C(C)C)c3nc(-c4ccccc4F)c(Cl)cc23)C[C@@H]1C. The average molecular weight is 590 g/mol. The maximum Gasteiger partial charge on any atom is 0.355 e. The molecule has 0 aliphatic carbocycles. The molecule has 1 aliphatic rings. The van der Waals surface area contributed by atoms with Crippen molar-refractivity contribution in [3.63, 3.8) is 0 Å². The van der Waals surface area contributed by atoms with E-state index in [1.807, 2.05) is 39.5 Å². The molecular formula is C31H33ClFN7O2. The number of anilines is 1. The van der Waals surface area contributed by atoms with E-state index in [4.69, 9.17) is 16.6 Å². The van der Waals surface area contributed by atoms with Crippen molar-refractivity contribution in [2.45, 2.75) is 52.5 Å². The molecule has 0 saturated carbocycles. The van der Waals surface area contributed by atoms with Crippen molar-refractivity contribution in [2.24, 2.45) is 0 Å². The highest BCUT2D eigenvalue weighted by Crippen LogP contribution is 2.36. The Morgan fingerprint density at radius 2 is 1.76 bits per heavy atom. The molecule has 0 bridgehead atoms. The standard InChI is InChI=1S/C31H33ClFN7O2/c1-7-24(41)39-13-12-38(15-19(39)6)29-21-14-22(32)27(20-10-8-9-11-23(20)33)36-30(21)40(31(42)37-29)28-25(17(2)3)34-16-35-26(28)18(4)5/h7-11,14,16-19H,1,12-13,15H2,2-6H3/t19-/m0/s1. The van der Waals surface area contributed by atoms with Crippen LogP contribution in [0.1, 0.15) is 57.8 Å². The van der Waals surface area contributed by atoms with Crippen LogP contribution in [0.3, 0.4) is 0 Å². The zero-order chi connectivity index (χ0) is 30.3. The van der Waals surface area contributed by atoms with Crippen molar-refractivity contribution in [1.29, 1.82) is 0 Å². The highest BCUT2D eigenvalue weighted by atomic mass is 35.5. The highest BCUT2D eigenvalue weighted by molar-refractivity contribution is 6.33. The quantitative estimate of drug-likeness (QED) is 0.274. The van der Waals surface area contributed by atoms with Gasteiger partial charge < -0.3 is 9.80 Å². The lowest BCUT2D eigenvalue weighted by Crippen LogP contribution is -2.54. The number of rotatable bonds is 6. The summed E-state index contributed by atoms with van der Waals surface area (Å²) in [4.78, 5) is 48.7. The third-order valence-corrected chi connectivity index (χ3v) is 7.80. The lowest BCUT2D eigenvalue weighted by atomic mass is 10.0. The van der Waals surface area contributed by atoms with E-state index in [2.05, 4.69) is 21.5 Å². The van der Waals surface area contributed by atoms with Crippen LogP contribution in [-0.4, -0.2) is 61.0 Å². The van der Waals surface area contributed by atoms with Gasteiger partial charge in [-0.3, -0.25) is 4.79 Å². The van der Waals surface area contributed by atoms with Crippen molar-refractivity contribution in [2.75, 3.05) is 24.5 Å². The summed E-state index contributed by atoms with van der Waals surface area (Å²) in [6.45, 7) is 14.8. The fourth-order valence-corrected chi connectivity index (χ4v) is 5.72. The number of benzene rings is 1. The number of hydrogen-bond acceptors (Lipinski definition) is 7. The minimum Gasteiger partial charge on any atom is -0.352 e. The Bertz CT molecular complexity index is 1730. The Morgan fingerprint density at radius 3 is 2.36 bits per heavy atom. The third kappa shape index (κ3) is 5.15. The maximum atomic E-state index is 15.0. The minimum atomic E-state index is -0.567. The van der Waals surface area contributed by atoms with E-state index in [0.29, 0.717) is 47.9 Å². The summed E-state index contributed by atoms with van der Waals surface area (Å²) in [6, 6.07) is 7.76. The zero-order valence-electron chi connectivity index (χ0n) is 24.3. The molecule has 42 heavy (non-hydrogen) atoms. The summed E-state index contributed by atoms with van der Waals surface area (Å²) in [6.07, 6.45) is 2.80. The molecule has 0 unspecified atom stereocenters. The largest absolute Gasteiger partial charge is 0.355 e. The molecule has 3 aromatic heterocycles. The van der Waals surface area contributed by atoms with Crippen LogP contribution in [0.4, 0.5) is 10.2 Å². The van der Waals surface area contributed by atoms with Gasteiger partial charge in [0.15, 0.2) is 5.65 Å². The van der Waals surface area contributed by atoms with Crippen molar-refractivity contribution in [1.82, 2.24) is 29.4 Å². The third-order valence-electron chi connectivity index (χ3n) is 7.51. The molecule has 1 fully saturated rings. The van der Waals surface area contributed by atoms with Crippen LogP contribution in [0.2, 0.25) is 5.02 Å². The number of amides is 1. The van der Waals surface area contributed by atoms with Gasteiger partial charge in [-0.15, -0.1) is 0 Å². The van der Waals surface area contributed by atoms with E-state index in [1.165, 1.54) is 23.0 Å². The molecule has 1 aromatic carbocycles. The number of pyridine rings is 1. The highest BCUT2D eigenvalue weighted by Gasteiger charge is 2.31. The molecule has 1 saturated heterocycles. The van der Waals surface area contributed by atoms with Gasteiger partial charge in [0.1, 0.15) is 18.0 Å². The van der Waals surface area contributed by atoms with Crippen molar-refractivity contribution >= 4 is 34.4 Å². The van der Waals surface area contributed by atoms with Crippen LogP contribution in [-0.2, 0) is 4.79 Å². The molecule has 4 heterocycles. The van der Waals surface area contributed by atoms with Gasteiger partial charge in [-0.2, -0.15) is 4.98 Å². The lowest BCUT2D eigenvalue weighted by Gasteiger charge is -2.40. The second-order valence-corrected chi connectivity index (χ2v) is 11.5. The number of hydrogen-bond donors (Lipinski definition) is 0. The molecule has 1 amide bonds. The first-order valence-corrected chi connectivity index (χ1v) is 14.3. The smallest absolute Gasteiger partial charge is 0.352 e. The van der Waals surface area contributed by atoms with E-state index in [1.54, 1.807) is 29.2 Å². The number of carbonyl (C=O) groups is 1. The van der Waals surface area contributed by atoms with Gasteiger partial charge in [0.2, 0.25) is 5.91 Å².